The lowest BCUT2D eigenvalue weighted by atomic mass is 9.99. The number of ether oxygens (including phenoxy) is 1. The number of carbonyl (C=O) groups excluding carboxylic acids is 1. The third kappa shape index (κ3) is 3.45. The average Bonchev–Trinajstić information content (AvgIpc) is 3.38. The van der Waals surface area contributed by atoms with Gasteiger partial charge in [0.1, 0.15) is 5.75 Å². The smallest absolute Gasteiger partial charge is 0.258 e. The Labute approximate surface area is 191 Å². The maximum absolute atomic E-state index is 13.3. The topological polar surface area (TPSA) is 47.4 Å². The van der Waals surface area contributed by atoms with Gasteiger partial charge in [-0.25, -0.2) is 4.98 Å². The molecule has 0 N–H and O–H groups in total. The zero-order valence-corrected chi connectivity index (χ0v) is 18.8. The lowest BCUT2D eigenvalue weighted by Crippen LogP contribution is -2.23. The highest BCUT2D eigenvalue weighted by Gasteiger charge is 2.29. The van der Waals surface area contributed by atoms with E-state index < -0.39 is 0 Å². The van der Waals surface area contributed by atoms with Gasteiger partial charge in [0.05, 0.1) is 31.4 Å². The summed E-state index contributed by atoms with van der Waals surface area (Å²) >= 11 is 6.31. The van der Waals surface area contributed by atoms with Crippen LogP contribution in [0.3, 0.4) is 0 Å². The van der Waals surface area contributed by atoms with Crippen LogP contribution in [0.5, 0.6) is 5.75 Å². The van der Waals surface area contributed by atoms with E-state index in [0.29, 0.717) is 17.9 Å². The molecule has 6 heteroatoms. The molecule has 5 nitrogen and oxygen atoms in total. The normalized spacial score (nSPS) is 12.9. The molecule has 1 aromatic heterocycles. The number of imidazole rings is 1. The average molecular weight is 444 g/mol. The number of aryl methyl sites for hydroxylation is 2. The summed E-state index contributed by atoms with van der Waals surface area (Å²) in [6, 6.07) is 17.8. The minimum atomic E-state index is -0.0201. The van der Waals surface area contributed by atoms with E-state index in [-0.39, 0.29) is 5.91 Å². The van der Waals surface area contributed by atoms with E-state index in [2.05, 4.69) is 4.98 Å². The molecular weight excluding hydrogens is 422 g/mol. The van der Waals surface area contributed by atoms with Crippen molar-refractivity contribution in [1.82, 2.24) is 9.55 Å². The predicted octanol–water partition coefficient (Wildman–Crippen LogP) is 5.98. The molecule has 160 valence electrons. The van der Waals surface area contributed by atoms with E-state index in [9.17, 15) is 4.79 Å². The second-order valence-electron chi connectivity index (χ2n) is 8.01. The Morgan fingerprint density at radius 3 is 2.50 bits per heavy atom. The highest BCUT2D eigenvalue weighted by Crippen LogP contribution is 2.35. The first-order valence-corrected chi connectivity index (χ1v) is 10.7. The third-order valence-corrected chi connectivity index (χ3v) is 6.29. The van der Waals surface area contributed by atoms with Gasteiger partial charge in [-0.1, -0.05) is 35.9 Å². The molecule has 0 radical (unpaired) electrons. The lowest BCUT2D eigenvalue weighted by molar-refractivity contribution is 0.0996. The van der Waals surface area contributed by atoms with Crippen LogP contribution in [-0.4, -0.2) is 22.6 Å². The standard InChI is InChI=1S/C26H22ClN3O2/c1-16-4-5-19(11-23(16)27)18-6-7-20-14-30(26(31)22(20)10-18)21-8-9-24(25(12-21)32-3)29-13-17(2)28-15-29/h4-13,15H,14H2,1-3H3. The number of hydrogen-bond donors (Lipinski definition) is 0. The van der Waals surface area contributed by atoms with Gasteiger partial charge in [0, 0.05) is 28.5 Å². The number of aromatic nitrogens is 2. The number of benzene rings is 3. The predicted molar refractivity (Wildman–Crippen MR) is 127 cm³/mol. The lowest BCUT2D eigenvalue weighted by Gasteiger charge is -2.18. The van der Waals surface area contributed by atoms with Crippen molar-refractivity contribution in [3.8, 4) is 22.6 Å². The summed E-state index contributed by atoms with van der Waals surface area (Å²) in [6.07, 6.45) is 3.69. The van der Waals surface area contributed by atoms with Gasteiger partial charge < -0.3 is 14.2 Å². The number of fused-ring (bicyclic) bond motifs is 1. The van der Waals surface area contributed by atoms with Gasteiger partial charge in [-0.05, 0) is 60.4 Å². The van der Waals surface area contributed by atoms with E-state index in [4.69, 9.17) is 16.3 Å². The number of amides is 1. The summed E-state index contributed by atoms with van der Waals surface area (Å²) < 4.78 is 7.53. The van der Waals surface area contributed by atoms with Crippen LogP contribution in [0.1, 0.15) is 27.2 Å². The van der Waals surface area contributed by atoms with Crippen molar-refractivity contribution in [2.24, 2.45) is 0 Å². The first kappa shape index (κ1) is 20.3. The molecule has 0 fully saturated rings. The van der Waals surface area contributed by atoms with E-state index in [0.717, 1.165) is 44.3 Å². The molecule has 0 atom stereocenters. The molecule has 4 aromatic rings. The molecule has 2 heterocycles. The van der Waals surface area contributed by atoms with E-state index in [1.54, 1.807) is 18.3 Å². The molecule has 1 aliphatic heterocycles. The highest BCUT2D eigenvalue weighted by molar-refractivity contribution is 6.31. The summed E-state index contributed by atoms with van der Waals surface area (Å²) in [5.41, 5.74) is 7.32. The Bertz CT molecular complexity index is 1360. The Morgan fingerprint density at radius 2 is 1.78 bits per heavy atom. The van der Waals surface area contributed by atoms with Gasteiger partial charge >= 0.3 is 0 Å². The zero-order valence-electron chi connectivity index (χ0n) is 18.1. The molecular formula is C26H22ClN3O2. The van der Waals surface area contributed by atoms with Crippen LogP contribution in [0.25, 0.3) is 16.8 Å². The summed E-state index contributed by atoms with van der Waals surface area (Å²) in [4.78, 5) is 19.4. The second-order valence-corrected chi connectivity index (χ2v) is 8.41. The van der Waals surface area contributed by atoms with Gasteiger partial charge in [-0.2, -0.15) is 0 Å². The van der Waals surface area contributed by atoms with Crippen molar-refractivity contribution in [3.05, 3.63) is 94.5 Å². The van der Waals surface area contributed by atoms with Crippen molar-refractivity contribution >= 4 is 23.2 Å². The Balaban J connectivity index is 1.47. The maximum Gasteiger partial charge on any atom is 0.258 e. The second kappa shape index (κ2) is 7.84. The summed E-state index contributed by atoms with van der Waals surface area (Å²) in [7, 11) is 1.63. The number of carbonyl (C=O) groups is 1. The molecule has 1 amide bonds. The molecule has 1 aliphatic rings. The monoisotopic (exact) mass is 443 g/mol. The fraction of sp³-hybridized carbons (Fsp3) is 0.154. The molecule has 0 saturated carbocycles. The fourth-order valence-electron chi connectivity index (χ4n) is 4.06. The van der Waals surface area contributed by atoms with Crippen LogP contribution in [-0.2, 0) is 6.54 Å². The van der Waals surface area contributed by atoms with Crippen LogP contribution < -0.4 is 9.64 Å². The van der Waals surface area contributed by atoms with Gasteiger partial charge in [0.2, 0.25) is 0 Å². The van der Waals surface area contributed by atoms with Gasteiger partial charge in [0.15, 0.2) is 0 Å². The minimum absolute atomic E-state index is 0.0201. The Kier molecular flexibility index (Phi) is 4.98. The minimum Gasteiger partial charge on any atom is -0.494 e. The molecule has 5 rings (SSSR count). The maximum atomic E-state index is 13.3. The fourth-order valence-corrected chi connectivity index (χ4v) is 4.24. The van der Waals surface area contributed by atoms with Crippen molar-refractivity contribution in [2.75, 3.05) is 12.0 Å². The summed E-state index contributed by atoms with van der Waals surface area (Å²) in [5, 5.41) is 0.719. The molecule has 3 aromatic carbocycles. The number of rotatable bonds is 4. The molecule has 0 bridgehead atoms. The molecule has 0 spiro atoms. The number of halogens is 1. The van der Waals surface area contributed by atoms with Crippen LogP contribution in [0.4, 0.5) is 5.69 Å². The van der Waals surface area contributed by atoms with Crippen LogP contribution >= 0.6 is 11.6 Å². The van der Waals surface area contributed by atoms with E-state index in [1.165, 1.54) is 0 Å². The van der Waals surface area contributed by atoms with Crippen molar-refractivity contribution in [1.29, 1.82) is 0 Å². The van der Waals surface area contributed by atoms with Crippen LogP contribution in [0.15, 0.2) is 67.1 Å². The van der Waals surface area contributed by atoms with Gasteiger partial charge in [-0.15, -0.1) is 0 Å². The SMILES string of the molecule is COc1cc(N2Cc3ccc(-c4ccc(C)c(Cl)c4)cc3C2=O)ccc1-n1cnc(C)c1. The molecule has 0 unspecified atom stereocenters. The number of hydrogen-bond acceptors (Lipinski definition) is 3. The molecule has 0 aliphatic carbocycles. The first-order chi connectivity index (χ1) is 15.4. The van der Waals surface area contributed by atoms with Crippen molar-refractivity contribution in [2.45, 2.75) is 20.4 Å². The Hall–Kier alpha value is -3.57. The van der Waals surface area contributed by atoms with Gasteiger partial charge in [-0.3, -0.25) is 4.79 Å². The largest absolute Gasteiger partial charge is 0.494 e. The van der Waals surface area contributed by atoms with Crippen LogP contribution in [0.2, 0.25) is 5.02 Å². The highest BCUT2D eigenvalue weighted by atomic mass is 35.5. The van der Waals surface area contributed by atoms with Gasteiger partial charge in [0.25, 0.3) is 5.91 Å². The number of methoxy groups -OCH3 is 1. The zero-order chi connectivity index (χ0) is 22.4. The summed E-state index contributed by atoms with van der Waals surface area (Å²) in [6.45, 7) is 4.44. The quantitative estimate of drug-likeness (QED) is 0.390. The number of anilines is 1. The molecule has 32 heavy (non-hydrogen) atoms. The van der Waals surface area contributed by atoms with Crippen molar-refractivity contribution < 1.29 is 9.53 Å². The van der Waals surface area contributed by atoms with E-state index >= 15 is 0 Å². The van der Waals surface area contributed by atoms with Crippen molar-refractivity contribution in [3.63, 3.8) is 0 Å². The Morgan fingerprint density at radius 1 is 1.00 bits per heavy atom. The van der Waals surface area contributed by atoms with E-state index in [1.807, 2.05) is 79.2 Å². The molecule has 0 saturated heterocycles. The third-order valence-electron chi connectivity index (χ3n) is 5.88. The first-order valence-electron chi connectivity index (χ1n) is 10.3. The number of nitrogens with zero attached hydrogens (tertiary/aromatic N) is 3. The van der Waals surface area contributed by atoms with Crippen LogP contribution in [0, 0.1) is 13.8 Å². The summed E-state index contributed by atoms with van der Waals surface area (Å²) in [5.74, 6) is 0.659.